The van der Waals surface area contributed by atoms with E-state index < -0.39 is 18.2 Å². The molecule has 0 spiro atoms. The number of rotatable bonds is 3. The van der Waals surface area contributed by atoms with Crippen molar-refractivity contribution in [1.29, 1.82) is 0 Å². The summed E-state index contributed by atoms with van der Waals surface area (Å²) in [6, 6.07) is 6.42. The van der Waals surface area contributed by atoms with Crippen LogP contribution in [-0.2, 0) is 0 Å². The summed E-state index contributed by atoms with van der Waals surface area (Å²) in [5.74, 6) is -1.48. The lowest BCUT2D eigenvalue weighted by Gasteiger charge is -2.17. The van der Waals surface area contributed by atoms with Crippen molar-refractivity contribution in [2.75, 3.05) is 0 Å². The molecule has 0 saturated carbocycles. The van der Waals surface area contributed by atoms with Gasteiger partial charge in [0.1, 0.15) is 0 Å². The van der Waals surface area contributed by atoms with Crippen LogP contribution in [0.1, 0.15) is 18.7 Å². The van der Waals surface area contributed by atoms with Crippen LogP contribution in [0.3, 0.4) is 0 Å². The summed E-state index contributed by atoms with van der Waals surface area (Å²) >= 11 is 5.72. The molecule has 2 atom stereocenters. The Bertz CT molecular complexity index is 583. The van der Waals surface area contributed by atoms with Gasteiger partial charge in [0.15, 0.2) is 6.10 Å². The molecule has 2 rings (SSSR count). The molecule has 1 N–H and O–H groups in total. The Morgan fingerprint density at radius 3 is 2.40 bits per heavy atom. The predicted octanol–water partition coefficient (Wildman–Crippen LogP) is 3.42. The van der Waals surface area contributed by atoms with E-state index in [9.17, 15) is 13.2 Å². The second-order valence-corrected chi connectivity index (χ2v) is 4.67. The van der Waals surface area contributed by atoms with Gasteiger partial charge in [-0.05, 0) is 24.3 Å². The van der Waals surface area contributed by atoms with Crippen LogP contribution in [0.2, 0.25) is 5.02 Å². The van der Waals surface area contributed by atoms with Gasteiger partial charge in [0, 0.05) is 10.6 Å². The summed E-state index contributed by atoms with van der Waals surface area (Å²) in [7, 11) is 0. The quantitative estimate of drug-likeness (QED) is 0.944. The summed E-state index contributed by atoms with van der Waals surface area (Å²) in [6.07, 6.45) is -7.30. The largest absolute Gasteiger partial charge is 0.415 e. The number of hydrogen-bond donors (Lipinski definition) is 1. The van der Waals surface area contributed by atoms with Crippen LogP contribution in [-0.4, -0.2) is 27.5 Å². The van der Waals surface area contributed by atoms with Crippen LogP contribution >= 0.6 is 11.6 Å². The Balaban J connectivity index is 2.23. The summed E-state index contributed by atoms with van der Waals surface area (Å²) in [5.41, 5.74) is 0.554. The van der Waals surface area contributed by atoms with E-state index in [2.05, 4.69) is 10.1 Å². The van der Waals surface area contributed by atoms with E-state index in [1.54, 1.807) is 24.3 Å². The highest BCUT2D eigenvalue weighted by Gasteiger charge is 2.44. The molecule has 0 aliphatic carbocycles. The minimum absolute atomic E-state index is 0.137. The van der Waals surface area contributed by atoms with Crippen molar-refractivity contribution in [2.45, 2.75) is 25.1 Å². The zero-order valence-electron chi connectivity index (χ0n) is 10.2. The first-order valence-electron chi connectivity index (χ1n) is 5.63. The van der Waals surface area contributed by atoms with Crippen LogP contribution in [0.25, 0.3) is 11.4 Å². The van der Waals surface area contributed by atoms with E-state index in [0.29, 0.717) is 10.6 Å². The average molecular weight is 307 g/mol. The van der Waals surface area contributed by atoms with Crippen molar-refractivity contribution >= 4 is 11.6 Å². The number of aliphatic hydroxyl groups is 1. The molecule has 0 amide bonds. The van der Waals surface area contributed by atoms with Gasteiger partial charge in [-0.2, -0.15) is 18.2 Å². The maximum Gasteiger partial charge on any atom is 0.415 e. The monoisotopic (exact) mass is 306 g/mol. The Labute approximate surface area is 117 Å². The second kappa shape index (κ2) is 5.41. The third-order valence-corrected chi connectivity index (χ3v) is 2.99. The predicted molar refractivity (Wildman–Crippen MR) is 65.2 cm³/mol. The molecule has 2 unspecified atom stereocenters. The maximum atomic E-state index is 12.4. The van der Waals surface area contributed by atoms with E-state index in [1.165, 1.54) is 0 Å². The fraction of sp³-hybridized carbons (Fsp3) is 0.333. The van der Waals surface area contributed by atoms with Gasteiger partial charge in [0.25, 0.3) is 0 Å². The van der Waals surface area contributed by atoms with Crippen LogP contribution in [0.5, 0.6) is 0 Å². The molecule has 0 radical (unpaired) electrons. The third-order valence-electron chi connectivity index (χ3n) is 2.74. The molecule has 4 nitrogen and oxygen atoms in total. The highest BCUT2D eigenvalue weighted by atomic mass is 35.5. The van der Waals surface area contributed by atoms with E-state index in [1.807, 2.05) is 0 Å². The molecule has 0 aliphatic heterocycles. The fourth-order valence-electron chi connectivity index (χ4n) is 1.55. The van der Waals surface area contributed by atoms with Gasteiger partial charge in [-0.25, -0.2) is 0 Å². The van der Waals surface area contributed by atoms with Crippen molar-refractivity contribution in [2.24, 2.45) is 0 Å². The molecule has 0 bridgehead atoms. The van der Waals surface area contributed by atoms with Crippen LogP contribution in [0.15, 0.2) is 28.8 Å². The number of alkyl halides is 3. The molecule has 2 aromatic rings. The molecule has 1 aromatic heterocycles. The number of aliphatic hydroxyl groups excluding tert-OH is 1. The molecule has 8 heteroatoms. The number of hydrogen-bond acceptors (Lipinski definition) is 4. The van der Waals surface area contributed by atoms with Crippen molar-refractivity contribution in [1.82, 2.24) is 10.1 Å². The molecule has 108 valence electrons. The number of nitrogens with zero attached hydrogens (tertiary/aromatic N) is 2. The zero-order valence-corrected chi connectivity index (χ0v) is 11.0. The standard InChI is InChI=1S/C12H10ClF3N2O2/c1-6(9(19)12(14,15)16)11-17-10(18-20-11)7-2-4-8(13)5-3-7/h2-6,9,19H,1H3. The van der Waals surface area contributed by atoms with Crippen LogP contribution < -0.4 is 0 Å². The Morgan fingerprint density at radius 2 is 1.85 bits per heavy atom. The number of benzene rings is 1. The van der Waals surface area contributed by atoms with Gasteiger partial charge in [-0.1, -0.05) is 23.7 Å². The normalized spacial score (nSPS) is 15.1. The molecule has 0 saturated heterocycles. The average Bonchev–Trinajstić information content (AvgIpc) is 2.86. The van der Waals surface area contributed by atoms with Gasteiger partial charge in [0.2, 0.25) is 11.7 Å². The van der Waals surface area contributed by atoms with Gasteiger partial charge in [0.05, 0.1) is 5.92 Å². The van der Waals surface area contributed by atoms with Gasteiger partial charge < -0.3 is 9.63 Å². The Kier molecular flexibility index (Phi) is 4.01. The summed E-state index contributed by atoms with van der Waals surface area (Å²) < 4.78 is 42.0. The number of aromatic nitrogens is 2. The summed E-state index contributed by atoms with van der Waals surface area (Å²) in [4.78, 5) is 3.86. The SMILES string of the molecule is CC(c1nc(-c2ccc(Cl)cc2)no1)C(O)C(F)(F)F. The highest BCUT2D eigenvalue weighted by molar-refractivity contribution is 6.30. The molecule has 20 heavy (non-hydrogen) atoms. The summed E-state index contributed by atoms with van der Waals surface area (Å²) in [5, 5.41) is 13.3. The first kappa shape index (κ1) is 14.8. The van der Waals surface area contributed by atoms with Crippen molar-refractivity contribution in [3.05, 3.63) is 35.2 Å². The lowest BCUT2D eigenvalue weighted by molar-refractivity contribution is -0.210. The second-order valence-electron chi connectivity index (χ2n) is 4.24. The number of halogens is 4. The van der Waals surface area contributed by atoms with Crippen molar-refractivity contribution in [3.63, 3.8) is 0 Å². The molecule has 1 aromatic carbocycles. The first-order chi connectivity index (χ1) is 9.29. The minimum atomic E-state index is -4.74. The van der Waals surface area contributed by atoms with Gasteiger partial charge >= 0.3 is 6.18 Å². The summed E-state index contributed by atoms with van der Waals surface area (Å²) in [6.45, 7) is 1.16. The van der Waals surface area contributed by atoms with Crippen molar-refractivity contribution in [3.8, 4) is 11.4 Å². The van der Waals surface area contributed by atoms with Crippen LogP contribution in [0.4, 0.5) is 13.2 Å². The third kappa shape index (κ3) is 3.10. The molecule has 1 heterocycles. The minimum Gasteiger partial charge on any atom is -0.383 e. The fourth-order valence-corrected chi connectivity index (χ4v) is 1.68. The smallest absolute Gasteiger partial charge is 0.383 e. The van der Waals surface area contributed by atoms with E-state index in [0.717, 1.165) is 6.92 Å². The van der Waals surface area contributed by atoms with E-state index >= 15 is 0 Å². The lowest BCUT2D eigenvalue weighted by atomic mass is 10.0. The Morgan fingerprint density at radius 1 is 1.25 bits per heavy atom. The van der Waals surface area contributed by atoms with Gasteiger partial charge in [-0.3, -0.25) is 0 Å². The van der Waals surface area contributed by atoms with E-state index in [-0.39, 0.29) is 11.7 Å². The maximum absolute atomic E-state index is 12.4. The zero-order chi connectivity index (χ0) is 14.9. The molecular formula is C12H10ClF3N2O2. The van der Waals surface area contributed by atoms with E-state index in [4.69, 9.17) is 21.2 Å². The molecule has 0 fully saturated rings. The highest BCUT2D eigenvalue weighted by Crippen LogP contribution is 2.31. The topological polar surface area (TPSA) is 59.2 Å². The molecule has 0 aliphatic rings. The molecular weight excluding hydrogens is 297 g/mol. The first-order valence-corrected chi connectivity index (χ1v) is 6.01. The van der Waals surface area contributed by atoms with Gasteiger partial charge in [-0.15, -0.1) is 0 Å². The Hall–Kier alpha value is -1.60. The van der Waals surface area contributed by atoms with Crippen molar-refractivity contribution < 1.29 is 22.8 Å². The lowest BCUT2D eigenvalue weighted by Crippen LogP contribution is -2.33. The van der Waals surface area contributed by atoms with Crippen LogP contribution in [0, 0.1) is 0 Å².